The Balaban J connectivity index is 2.14. The minimum absolute atomic E-state index is 0.00126. The molecule has 0 saturated carbocycles. The van der Waals surface area contributed by atoms with Crippen LogP contribution in [0.2, 0.25) is 0 Å². The zero-order valence-corrected chi connectivity index (χ0v) is 18.5. The minimum Gasteiger partial charge on any atom is -0.495 e. The first-order chi connectivity index (χ1) is 15.8. The Bertz CT molecular complexity index is 1420. The van der Waals surface area contributed by atoms with Gasteiger partial charge in [0.15, 0.2) is 17.2 Å². The number of fused-ring (bicyclic) bond motifs is 1. The standard InChI is InChI=1S/C24H20N6O3/c1-14-9-11-17(12-10-14)22-26-18(13-25)21-23(28-22)30(19-7-5-6-8-20(19)33-4)24(27-21)29(15(2)31)16(3)32/h5-12H,1-4H3. The molecule has 0 fully saturated rings. The second-order valence-corrected chi connectivity index (χ2v) is 7.34. The molecular formula is C24H20N6O3. The van der Waals surface area contributed by atoms with E-state index in [1.54, 1.807) is 24.3 Å². The molecule has 33 heavy (non-hydrogen) atoms. The van der Waals surface area contributed by atoms with Crippen molar-refractivity contribution in [1.29, 1.82) is 5.26 Å². The van der Waals surface area contributed by atoms with Crippen molar-refractivity contribution < 1.29 is 14.3 Å². The van der Waals surface area contributed by atoms with E-state index in [1.165, 1.54) is 25.5 Å². The van der Waals surface area contributed by atoms with Gasteiger partial charge in [-0.25, -0.2) is 19.9 Å². The number of nitriles is 1. The van der Waals surface area contributed by atoms with E-state index >= 15 is 0 Å². The van der Waals surface area contributed by atoms with Gasteiger partial charge in [-0.15, -0.1) is 0 Å². The van der Waals surface area contributed by atoms with Gasteiger partial charge in [0, 0.05) is 19.4 Å². The molecule has 9 nitrogen and oxygen atoms in total. The molecule has 0 aliphatic heterocycles. The smallest absolute Gasteiger partial charge is 0.233 e. The quantitative estimate of drug-likeness (QED) is 0.476. The van der Waals surface area contributed by atoms with Crippen molar-refractivity contribution in [2.24, 2.45) is 0 Å². The number of anilines is 1. The van der Waals surface area contributed by atoms with E-state index < -0.39 is 11.8 Å². The Hall–Kier alpha value is -4.58. The molecule has 164 valence electrons. The number of hydrogen-bond acceptors (Lipinski definition) is 7. The summed E-state index contributed by atoms with van der Waals surface area (Å²) in [7, 11) is 1.51. The SMILES string of the molecule is COc1ccccc1-n1c(N(C(C)=O)C(C)=O)nc2c(C#N)nc(-c3ccc(C)cc3)nc21. The summed E-state index contributed by atoms with van der Waals surface area (Å²) in [6.07, 6.45) is 0. The molecule has 0 N–H and O–H groups in total. The highest BCUT2D eigenvalue weighted by Gasteiger charge is 2.28. The van der Waals surface area contributed by atoms with E-state index in [4.69, 9.17) is 9.72 Å². The second kappa shape index (κ2) is 8.51. The fourth-order valence-electron chi connectivity index (χ4n) is 3.55. The number of amides is 2. The number of nitrogens with zero attached hydrogens (tertiary/aromatic N) is 6. The van der Waals surface area contributed by atoms with E-state index in [-0.39, 0.29) is 22.8 Å². The van der Waals surface area contributed by atoms with Crippen LogP contribution in [0.15, 0.2) is 48.5 Å². The van der Waals surface area contributed by atoms with Gasteiger partial charge in [0.25, 0.3) is 0 Å². The molecule has 4 rings (SSSR count). The maximum absolute atomic E-state index is 12.4. The number of para-hydroxylation sites is 2. The van der Waals surface area contributed by atoms with Gasteiger partial charge >= 0.3 is 0 Å². The molecule has 0 aliphatic rings. The van der Waals surface area contributed by atoms with Crippen molar-refractivity contribution >= 4 is 28.9 Å². The number of rotatable bonds is 4. The van der Waals surface area contributed by atoms with Gasteiger partial charge in [0.1, 0.15) is 17.3 Å². The Morgan fingerprint density at radius 3 is 2.27 bits per heavy atom. The third kappa shape index (κ3) is 3.78. The lowest BCUT2D eigenvalue weighted by atomic mass is 10.1. The van der Waals surface area contributed by atoms with Crippen LogP contribution in [0.4, 0.5) is 5.95 Å². The summed E-state index contributed by atoms with van der Waals surface area (Å²) < 4.78 is 7.05. The average molecular weight is 440 g/mol. The fourth-order valence-corrected chi connectivity index (χ4v) is 3.55. The zero-order valence-electron chi connectivity index (χ0n) is 18.5. The van der Waals surface area contributed by atoms with Crippen LogP contribution in [-0.4, -0.2) is 38.4 Å². The van der Waals surface area contributed by atoms with Crippen LogP contribution < -0.4 is 9.64 Å². The van der Waals surface area contributed by atoms with Crippen molar-refractivity contribution in [2.75, 3.05) is 12.0 Å². The lowest BCUT2D eigenvalue weighted by Gasteiger charge is -2.19. The van der Waals surface area contributed by atoms with Gasteiger partial charge in [-0.1, -0.05) is 42.0 Å². The Labute approximate surface area is 189 Å². The molecule has 2 heterocycles. The number of aromatic nitrogens is 4. The molecule has 0 aliphatic carbocycles. The summed E-state index contributed by atoms with van der Waals surface area (Å²) in [5.41, 5.74) is 2.74. The topological polar surface area (TPSA) is 114 Å². The molecule has 0 radical (unpaired) electrons. The summed E-state index contributed by atoms with van der Waals surface area (Å²) in [6.45, 7) is 4.50. The summed E-state index contributed by atoms with van der Waals surface area (Å²) in [4.78, 5) is 39.3. The van der Waals surface area contributed by atoms with Crippen LogP contribution in [0.5, 0.6) is 5.75 Å². The maximum Gasteiger partial charge on any atom is 0.233 e. The lowest BCUT2D eigenvalue weighted by Crippen LogP contribution is -2.35. The Morgan fingerprint density at radius 2 is 1.67 bits per heavy atom. The normalized spacial score (nSPS) is 10.6. The molecule has 2 aromatic heterocycles. The van der Waals surface area contributed by atoms with Crippen LogP contribution in [0.1, 0.15) is 25.1 Å². The highest BCUT2D eigenvalue weighted by Crippen LogP contribution is 2.33. The van der Waals surface area contributed by atoms with E-state index in [0.29, 0.717) is 22.8 Å². The van der Waals surface area contributed by atoms with Gasteiger partial charge < -0.3 is 4.74 Å². The molecule has 0 saturated heterocycles. The van der Waals surface area contributed by atoms with Crippen LogP contribution in [0.3, 0.4) is 0 Å². The molecule has 0 bridgehead atoms. The predicted molar refractivity (Wildman–Crippen MR) is 122 cm³/mol. The van der Waals surface area contributed by atoms with Crippen molar-refractivity contribution in [3.63, 3.8) is 0 Å². The van der Waals surface area contributed by atoms with Gasteiger partial charge in [-0.2, -0.15) is 5.26 Å². The van der Waals surface area contributed by atoms with E-state index in [0.717, 1.165) is 10.5 Å². The van der Waals surface area contributed by atoms with Crippen LogP contribution >= 0.6 is 0 Å². The van der Waals surface area contributed by atoms with Crippen molar-refractivity contribution in [2.45, 2.75) is 20.8 Å². The molecule has 2 amide bonds. The number of imide groups is 1. The number of ether oxygens (including phenoxy) is 1. The van der Waals surface area contributed by atoms with Gasteiger partial charge in [0.05, 0.1) is 12.8 Å². The zero-order chi connectivity index (χ0) is 23.7. The van der Waals surface area contributed by atoms with E-state index in [9.17, 15) is 14.9 Å². The van der Waals surface area contributed by atoms with Crippen LogP contribution in [0.25, 0.3) is 28.2 Å². The van der Waals surface area contributed by atoms with Crippen molar-refractivity contribution in [3.8, 4) is 28.9 Å². The average Bonchev–Trinajstić information content (AvgIpc) is 3.16. The second-order valence-electron chi connectivity index (χ2n) is 7.34. The van der Waals surface area contributed by atoms with E-state index in [2.05, 4.69) is 16.0 Å². The van der Waals surface area contributed by atoms with E-state index in [1.807, 2.05) is 31.2 Å². The molecular weight excluding hydrogens is 420 g/mol. The number of imidazole rings is 1. The number of hydrogen-bond donors (Lipinski definition) is 0. The lowest BCUT2D eigenvalue weighted by molar-refractivity contribution is -0.124. The molecule has 9 heteroatoms. The minimum atomic E-state index is -0.529. The Morgan fingerprint density at radius 1 is 1.00 bits per heavy atom. The highest BCUT2D eigenvalue weighted by atomic mass is 16.5. The Kier molecular flexibility index (Phi) is 5.58. The third-order valence-electron chi connectivity index (χ3n) is 5.06. The maximum atomic E-state index is 12.4. The third-order valence-corrected chi connectivity index (χ3v) is 5.06. The highest BCUT2D eigenvalue weighted by molar-refractivity contribution is 6.13. The first-order valence-corrected chi connectivity index (χ1v) is 10.1. The molecule has 0 atom stereocenters. The summed E-state index contributed by atoms with van der Waals surface area (Å²) >= 11 is 0. The van der Waals surface area contributed by atoms with Crippen LogP contribution in [-0.2, 0) is 9.59 Å². The largest absolute Gasteiger partial charge is 0.495 e. The van der Waals surface area contributed by atoms with Gasteiger partial charge in [-0.3, -0.25) is 14.2 Å². The first-order valence-electron chi connectivity index (χ1n) is 10.1. The summed E-state index contributed by atoms with van der Waals surface area (Å²) in [5, 5.41) is 9.82. The monoisotopic (exact) mass is 440 g/mol. The molecule has 0 unspecified atom stereocenters. The number of methoxy groups -OCH3 is 1. The molecule has 4 aromatic rings. The summed E-state index contributed by atoms with van der Waals surface area (Å²) in [5.74, 6) is -0.266. The number of carbonyl (C=O) groups excluding carboxylic acids is 2. The first kappa shape index (κ1) is 21.6. The molecule has 0 spiro atoms. The van der Waals surface area contributed by atoms with Gasteiger partial charge in [-0.05, 0) is 19.1 Å². The number of carbonyl (C=O) groups is 2. The van der Waals surface area contributed by atoms with Gasteiger partial charge in [0.2, 0.25) is 17.8 Å². The summed E-state index contributed by atoms with van der Waals surface area (Å²) in [6, 6.07) is 16.7. The van der Waals surface area contributed by atoms with Crippen molar-refractivity contribution in [3.05, 3.63) is 59.8 Å². The van der Waals surface area contributed by atoms with Crippen LogP contribution in [0, 0.1) is 18.3 Å². The van der Waals surface area contributed by atoms with Crippen molar-refractivity contribution in [1.82, 2.24) is 19.5 Å². The fraction of sp³-hybridized carbons (Fsp3) is 0.167. The molecule has 2 aromatic carbocycles. The predicted octanol–water partition coefficient (Wildman–Crippen LogP) is 3.57. The number of aryl methyl sites for hydroxylation is 1. The number of benzene rings is 2.